The monoisotopic (exact) mass is 547 g/mol. The Labute approximate surface area is 228 Å². The molecule has 0 radical (unpaired) electrons. The van der Waals surface area contributed by atoms with E-state index in [2.05, 4.69) is 4.72 Å². The van der Waals surface area contributed by atoms with Gasteiger partial charge in [0.05, 0.1) is 4.90 Å². The summed E-state index contributed by atoms with van der Waals surface area (Å²) in [7, 11) is -3.94. The first kappa shape index (κ1) is 28.3. The highest BCUT2D eigenvalue weighted by atomic mass is 32.2. The molecule has 204 valence electrons. The fourth-order valence-corrected chi connectivity index (χ4v) is 5.69. The van der Waals surface area contributed by atoms with E-state index >= 15 is 0 Å². The van der Waals surface area contributed by atoms with Crippen molar-refractivity contribution in [3.63, 3.8) is 0 Å². The molecule has 0 aliphatic carbocycles. The Balaban J connectivity index is 1.61. The van der Waals surface area contributed by atoms with Crippen LogP contribution in [0.2, 0.25) is 0 Å². The van der Waals surface area contributed by atoms with Crippen LogP contribution < -0.4 is 15.1 Å². The molecule has 0 aliphatic rings. The number of rotatable bonds is 10. The van der Waals surface area contributed by atoms with Crippen LogP contribution in [0, 0.1) is 20.8 Å². The van der Waals surface area contributed by atoms with Crippen molar-refractivity contribution in [1.82, 2.24) is 4.72 Å². The number of sulfonamides is 1. The SMILES string of the molecule is CCCC[C@H](NS(=O)(=O)c1ccc(C)cc1)C(=O)Oc1ccc2c(C)c(Cc3ccccc3)c(=O)oc2c1C. The molecular weight excluding hydrogens is 514 g/mol. The third kappa shape index (κ3) is 6.46. The van der Waals surface area contributed by atoms with Gasteiger partial charge in [0.15, 0.2) is 0 Å². The second-order valence-corrected chi connectivity index (χ2v) is 11.5. The minimum absolute atomic E-state index is 0.0767. The number of unbranched alkanes of at least 4 members (excludes halogenated alkanes) is 1. The maximum atomic E-state index is 13.2. The van der Waals surface area contributed by atoms with Crippen molar-refractivity contribution in [2.75, 3.05) is 0 Å². The van der Waals surface area contributed by atoms with E-state index in [1.54, 1.807) is 31.2 Å². The standard InChI is InChI=1S/C31H33NO6S/c1-5-6-12-27(32-39(35,36)24-15-13-20(2)14-16-24)31(34)37-28-18-17-25-21(3)26(19-23-10-8-7-9-11-23)30(33)38-29(25)22(28)4/h7-11,13-18,27,32H,5-6,12,19H2,1-4H3/t27-/m0/s1. The molecule has 0 saturated heterocycles. The molecule has 4 rings (SSSR count). The number of carbonyl (C=O) groups is 1. The first-order chi connectivity index (χ1) is 18.6. The number of benzene rings is 3. The van der Waals surface area contributed by atoms with Gasteiger partial charge in [-0.3, -0.25) is 0 Å². The van der Waals surface area contributed by atoms with E-state index in [1.807, 2.05) is 51.1 Å². The van der Waals surface area contributed by atoms with Crippen molar-refractivity contribution >= 4 is 27.0 Å². The lowest BCUT2D eigenvalue weighted by molar-refractivity contribution is -0.136. The first-order valence-electron chi connectivity index (χ1n) is 13.0. The third-order valence-corrected chi connectivity index (χ3v) is 8.34. The van der Waals surface area contributed by atoms with Crippen LogP contribution in [0.5, 0.6) is 5.75 Å². The van der Waals surface area contributed by atoms with Crippen molar-refractivity contribution in [3.8, 4) is 5.75 Å². The van der Waals surface area contributed by atoms with Gasteiger partial charge in [-0.25, -0.2) is 18.0 Å². The van der Waals surface area contributed by atoms with Gasteiger partial charge in [-0.1, -0.05) is 67.8 Å². The van der Waals surface area contributed by atoms with Gasteiger partial charge in [-0.15, -0.1) is 0 Å². The van der Waals surface area contributed by atoms with Crippen LogP contribution in [-0.4, -0.2) is 20.4 Å². The number of nitrogens with one attached hydrogen (secondary N) is 1. The van der Waals surface area contributed by atoms with Crippen LogP contribution in [-0.2, 0) is 21.2 Å². The number of esters is 1. The van der Waals surface area contributed by atoms with E-state index in [0.29, 0.717) is 29.6 Å². The highest BCUT2D eigenvalue weighted by Crippen LogP contribution is 2.30. The first-order valence-corrected chi connectivity index (χ1v) is 14.5. The van der Waals surface area contributed by atoms with Crippen molar-refractivity contribution in [2.45, 2.75) is 64.3 Å². The molecule has 8 heteroatoms. The fraction of sp³-hybridized carbons (Fsp3) is 0.290. The Morgan fingerprint density at radius 1 is 0.949 bits per heavy atom. The lowest BCUT2D eigenvalue weighted by Gasteiger charge is -2.19. The Morgan fingerprint density at radius 2 is 1.64 bits per heavy atom. The zero-order valence-corrected chi connectivity index (χ0v) is 23.4. The molecule has 4 aromatic rings. The summed E-state index contributed by atoms with van der Waals surface area (Å²) >= 11 is 0. The van der Waals surface area contributed by atoms with Crippen LogP contribution >= 0.6 is 0 Å². The van der Waals surface area contributed by atoms with Gasteiger partial charge < -0.3 is 9.15 Å². The van der Waals surface area contributed by atoms with Crippen molar-refractivity contribution in [1.29, 1.82) is 0 Å². The number of aryl methyl sites for hydroxylation is 3. The zero-order valence-electron chi connectivity index (χ0n) is 22.6. The topological polar surface area (TPSA) is 103 Å². The second kappa shape index (κ2) is 12.0. The van der Waals surface area contributed by atoms with Gasteiger partial charge in [0.25, 0.3) is 0 Å². The number of fused-ring (bicyclic) bond motifs is 1. The van der Waals surface area contributed by atoms with E-state index in [1.165, 1.54) is 12.1 Å². The molecule has 3 aromatic carbocycles. The van der Waals surface area contributed by atoms with Crippen LogP contribution in [0.25, 0.3) is 11.0 Å². The van der Waals surface area contributed by atoms with Crippen molar-refractivity contribution in [3.05, 3.63) is 105 Å². The maximum Gasteiger partial charge on any atom is 0.340 e. The summed E-state index contributed by atoms with van der Waals surface area (Å²) in [6.07, 6.45) is 2.14. The average molecular weight is 548 g/mol. The van der Waals surface area contributed by atoms with Gasteiger partial charge in [-0.2, -0.15) is 4.72 Å². The number of hydrogen-bond acceptors (Lipinski definition) is 6. The Hall–Kier alpha value is -3.75. The lowest BCUT2D eigenvalue weighted by atomic mass is 9.98. The summed E-state index contributed by atoms with van der Waals surface area (Å²) < 4.78 is 39.9. The van der Waals surface area contributed by atoms with Gasteiger partial charge in [-0.05, 0) is 62.6 Å². The number of ether oxygens (including phenoxy) is 1. The third-order valence-electron chi connectivity index (χ3n) is 6.85. The highest BCUT2D eigenvalue weighted by molar-refractivity contribution is 7.89. The van der Waals surface area contributed by atoms with Crippen LogP contribution in [0.1, 0.15) is 54.0 Å². The van der Waals surface area contributed by atoms with E-state index in [-0.39, 0.29) is 17.1 Å². The van der Waals surface area contributed by atoms with Crippen molar-refractivity contribution in [2.24, 2.45) is 0 Å². The van der Waals surface area contributed by atoms with Gasteiger partial charge in [0.1, 0.15) is 17.4 Å². The molecule has 7 nitrogen and oxygen atoms in total. The minimum Gasteiger partial charge on any atom is -0.425 e. The second-order valence-electron chi connectivity index (χ2n) is 9.77. The molecule has 0 unspecified atom stereocenters. The Morgan fingerprint density at radius 3 is 2.31 bits per heavy atom. The molecule has 39 heavy (non-hydrogen) atoms. The normalized spacial score (nSPS) is 12.4. The molecule has 0 aliphatic heterocycles. The molecule has 1 N–H and O–H groups in total. The minimum atomic E-state index is -3.94. The summed E-state index contributed by atoms with van der Waals surface area (Å²) in [6.45, 7) is 7.41. The van der Waals surface area contributed by atoms with Crippen LogP contribution in [0.15, 0.2) is 80.8 Å². The number of hydrogen-bond donors (Lipinski definition) is 1. The lowest BCUT2D eigenvalue weighted by Crippen LogP contribution is -2.43. The predicted octanol–water partition coefficient (Wildman–Crippen LogP) is 5.75. The zero-order chi connectivity index (χ0) is 28.2. The van der Waals surface area contributed by atoms with E-state index < -0.39 is 27.7 Å². The molecule has 0 bridgehead atoms. The highest BCUT2D eigenvalue weighted by Gasteiger charge is 2.28. The summed E-state index contributed by atoms with van der Waals surface area (Å²) in [5.74, 6) is -0.511. The average Bonchev–Trinajstić information content (AvgIpc) is 2.91. The van der Waals surface area contributed by atoms with E-state index in [4.69, 9.17) is 9.15 Å². The molecular formula is C31H33NO6S. The molecule has 1 heterocycles. The Bertz CT molecular complexity index is 1640. The van der Waals surface area contributed by atoms with E-state index in [9.17, 15) is 18.0 Å². The summed E-state index contributed by atoms with van der Waals surface area (Å²) in [5.41, 5.74) is 3.69. The van der Waals surface area contributed by atoms with Gasteiger partial charge in [0.2, 0.25) is 10.0 Å². The Kier molecular flexibility index (Phi) is 8.67. The number of carbonyl (C=O) groups excluding carboxylic acids is 1. The quantitative estimate of drug-likeness (QED) is 0.154. The molecule has 1 aromatic heterocycles. The largest absolute Gasteiger partial charge is 0.425 e. The van der Waals surface area contributed by atoms with Gasteiger partial charge >= 0.3 is 11.6 Å². The molecule has 0 spiro atoms. The molecule has 0 amide bonds. The maximum absolute atomic E-state index is 13.2. The van der Waals surface area contributed by atoms with Crippen LogP contribution in [0.4, 0.5) is 0 Å². The summed E-state index contributed by atoms with van der Waals surface area (Å²) in [5, 5.41) is 0.750. The van der Waals surface area contributed by atoms with Crippen LogP contribution in [0.3, 0.4) is 0 Å². The van der Waals surface area contributed by atoms with E-state index in [0.717, 1.165) is 28.5 Å². The summed E-state index contributed by atoms with van der Waals surface area (Å²) in [6, 6.07) is 18.4. The predicted molar refractivity (Wildman–Crippen MR) is 152 cm³/mol. The molecule has 0 saturated carbocycles. The fourth-order valence-electron chi connectivity index (χ4n) is 4.47. The van der Waals surface area contributed by atoms with Gasteiger partial charge in [0, 0.05) is 22.9 Å². The summed E-state index contributed by atoms with van der Waals surface area (Å²) in [4.78, 5) is 26.2. The molecule has 1 atom stereocenters. The molecule has 0 fully saturated rings. The smallest absolute Gasteiger partial charge is 0.340 e. The van der Waals surface area contributed by atoms with Crippen molar-refractivity contribution < 1.29 is 22.4 Å².